The Morgan fingerprint density at radius 2 is 1.50 bits per heavy atom. The highest BCUT2D eigenvalue weighted by Gasteiger charge is 2.12. The van der Waals surface area contributed by atoms with Crippen molar-refractivity contribution in [3.63, 3.8) is 0 Å². The molecule has 2 aromatic carbocycles. The largest absolute Gasteiger partial charge is 0.206 e. The first-order valence-corrected chi connectivity index (χ1v) is 6.69. The van der Waals surface area contributed by atoms with E-state index in [2.05, 4.69) is 0 Å². The second-order valence-electron chi connectivity index (χ2n) is 3.69. The molecule has 0 aliphatic carbocycles. The third-order valence-corrected chi connectivity index (χ3v) is 3.83. The van der Waals surface area contributed by atoms with Gasteiger partial charge < -0.3 is 0 Å². The third kappa shape index (κ3) is 2.75. The van der Waals surface area contributed by atoms with Crippen molar-refractivity contribution >= 4 is 46.4 Å². The maximum Gasteiger partial charge on any atom is 0.131 e. The van der Waals surface area contributed by atoms with Gasteiger partial charge in [0.1, 0.15) is 5.82 Å². The van der Waals surface area contributed by atoms with E-state index in [9.17, 15) is 4.39 Å². The standard InChI is InChI=1S/C13H7Cl4F/c14-6-7-1-2-8(13(18)3-7)9-4-11(16)12(17)5-10(9)15/h1-5H,6H2. The van der Waals surface area contributed by atoms with E-state index in [1.165, 1.54) is 12.1 Å². The molecule has 0 amide bonds. The molecule has 0 spiro atoms. The molecule has 0 saturated carbocycles. The van der Waals surface area contributed by atoms with Gasteiger partial charge in [0.05, 0.1) is 15.1 Å². The Kier molecular flexibility index (Phi) is 4.39. The van der Waals surface area contributed by atoms with Crippen molar-refractivity contribution in [1.29, 1.82) is 0 Å². The number of halogens is 5. The highest BCUT2D eigenvalue weighted by atomic mass is 35.5. The van der Waals surface area contributed by atoms with Gasteiger partial charge >= 0.3 is 0 Å². The summed E-state index contributed by atoms with van der Waals surface area (Å²) in [5.74, 6) is -0.139. The third-order valence-electron chi connectivity index (χ3n) is 2.49. The van der Waals surface area contributed by atoms with Crippen LogP contribution in [0.5, 0.6) is 0 Å². The Labute approximate surface area is 124 Å². The maximum atomic E-state index is 13.9. The van der Waals surface area contributed by atoms with E-state index in [1.54, 1.807) is 18.2 Å². The molecule has 0 aromatic heterocycles. The molecule has 94 valence electrons. The van der Waals surface area contributed by atoms with Crippen molar-refractivity contribution in [2.75, 3.05) is 0 Å². The van der Waals surface area contributed by atoms with Crippen molar-refractivity contribution in [2.24, 2.45) is 0 Å². The summed E-state index contributed by atoms with van der Waals surface area (Å²) >= 11 is 23.4. The summed E-state index contributed by atoms with van der Waals surface area (Å²) in [4.78, 5) is 0. The molecule has 0 nitrogen and oxygen atoms in total. The summed E-state index contributed by atoms with van der Waals surface area (Å²) in [7, 11) is 0. The molecule has 0 bridgehead atoms. The van der Waals surface area contributed by atoms with E-state index in [0.717, 1.165) is 0 Å². The zero-order valence-corrected chi connectivity index (χ0v) is 12.0. The molecule has 2 aromatic rings. The van der Waals surface area contributed by atoms with Gasteiger partial charge in [-0.2, -0.15) is 0 Å². The normalized spacial score (nSPS) is 10.7. The van der Waals surface area contributed by atoms with E-state index < -0.39 is 5.82 Å². The second-order valence-corrected chi connectivity index (χ2v) is 5.18. The Bertz CT molecular complexity index is 596. The molecular weight excluding hydrogens is 317 g/mol. The lowest BCUT2D eigenvalue weighted by Gasteiger charge is -2.09. The highest BCUT2D eigenvalue weighted by Crippen LogP contribution is 2.36. The van der Waals surface area contributed by atoms with Crippen molar-refractivity contribution in [1.82, 2.24) is 0 Å². The summed E-state index contributed by atoms with van der Waals surface area (Å²) in [5.41, 5.74) is 1.58. The number of alkyl halides is 1. The fourth-order valence-corrected chi connectivity index (χ4v) is 2.40. The van der Waals surface area contributed by atoms with Gasteiger partial charge in [-0.15, -0.1) is 11.6 Å². The minimum absolute atomic E-state index is 0.256. The highest BCUT2D eigenvalue weighted by molar-refractivity contribution is 6.44. The Morgan fingerprint density at radius 1 is 0.833 bits per heavy atom. The molecular formula is C13H7Cl4F. The summed E-state index contributed by atoms with van der Waals surface area (Å²) in [6, 6.07) is 7.78. The number of hydrogen-bond acceptors (Lipinski definition) is 0. The summed E-state index contributed by atoms with van der Waals surface area (Å²) < 4.78 is 13.9. The van der Waals surface area contributed by atoms with Gasteiger partial charge in [0.25, 0.3) is 0 Å². The molecule has 0 heterocycles. The van der Waals surface area contributed by atoms with Gasteiger partial charge in [0, 0.05) is 17.0 Å². The average molecular weight is 324 g/mol. The van der Waals surface area contributed by atoms with Gasteiger partial charge in [-0.1, -0.05) is 46.9 Å². The van der Waals surface area contributed by atoms with Crippen LogP contribution in [-0.2, 0) is 5.88 Å². The molecule has 5 heteroatoms. The smallest absolute Gasteiger partial charge is 0.131 e. The Balaban J connectivity index is 2.58. The van der Waals surface area contributed by atoms with Crippen molar-refractivity contribution in [3.05, 3.63) is 56.8 Å². The van der Waals surface area contributed by atoms with E-state index in [0.29, 0.717) is 31.8 Å². The summed E-state index contributed by atoms with van der Waals surface area (Å²) in [6.07, 6.45) is 0. The zero-order chi connectivity index (χ0) is 13.3. The van der Waals surface area contributed by atoms with E-state index in [4.69, 9.17) is 46.4 Å². The lowest BCUT2D eigenvalue weighted by Crippen LogP contribution is -1.89. The van der Waals surface area contributed by atoms with Crippen LogP contribution in [0.4, 0.5) is 4.39 Å². The number of benzene rings is 2. The van der Waals surface area contributed by atoms with Crippen LogP contribution in [0.15, 0.2) is 30.3 Å². The zero-order valence-electron chi connectivity index (χ0n) is 8.98. The fourth-order valence-electron chi connectivity index (χ4n) is 1.59. The van der Waals surface area contributed by atoms with Crippen LogP contribution in [0.25, 0.3) is 11.1 Å². The van der Waals surface area contributed by atoms with Gasteiger partial charge in [-0.25, -0.2) is 4.39 Å². The van der Waals surface area contributed by atoms with Crippen LogP contribution in [0.2, 0.25) is 15.1 Å². The predicted octanol–water partition coefficient (Wildman–Crippen LogP) is 6.19. The van der Waals surface area contributed by atoms with Gasteiger partial charge in [-0.3, -0.25) is 0 Å². The topological polar surface area (TPSA) is 0 Å². The maximum absolute atomic E-state index is 13.9. The minimum atomic E-state index is -0.395. The van der Waals surface area contributed by atoms with Crippen molar-refractivity contribution < 1.29 is 4.39 Å². The molecule has 0 aliphatic rings. The molecule has 18 heavy (non-hydrogen) atoms. The molecule has 2 rings (SSSR count). The lowest BCUT2D eigenvalue weighted by molar-refractivity contribution is 0.630. The Morgan fingerprint density at radius 3 is 2.11 bits per heavy atom. The summed E-state index contributed by atoms with van der Waals surface area (Å²) in [5, 5.41) is 1.02. The molecule has 0 fully saturated rings. The fraction of sp³-hybridized carbons (Fsp3) is 0.0769. The van der Waals surface area contributed by atoms with Crippen LogP contribution in [0.1, 0.15) is 5.56 Å². The first kappa shape index (κ1) is 14.0. The molecule has 0 aliphatic heterocycles. The number of rotatable bonds is 2. The first-order valence-electron chi connectivity index (χ1n) is 5.02. The van der Waals surface area contributed by atoms with Crippen LogP contribution >= 0.6 is 46.4 Å². The monoisotopic (exact) mass is 322 g/mol. The molecule has 0 atom stereocenters. The van der Waals surface area contributed by atoms with Gasteiger partial charge in [0.2, 0.25) is 0 Å². The van der Waals surface area contributed by atoms with E-state index in [1.807, 2.05) is 0 Å². The lowest BCUT2D eigenvalue weighted by atomic mass is 10.0. The second kappa shape index (κ2) is 5.66. The number of hydrogen-bond donors (Lipinski definition) is 0. The quantitative estimate of drug-likeness (QED) is 0.456. The molecule has 0 saturated heterocycles. The van der Waals surface area contributed by atoms with Crippen LogP contribution < -0.4 is 0 Å². The van der Waals surface area contributed by atoms with Crippen LogP contribution in [0.3, 0.4) is 0 Å². The minimum Gasteiger partial charge on any atom is -0.206 e. The summed E-state index contributed by atoms with van der Waals surface area (Å²) in [6.45, 7) is 0. The van der Waals surface area contributed by atoms with Crippen LogP contribution in [-0.4, -0.2) is 0 Å². The molecule has 0 unspecified atom stereocenters. The SMILES string of the molecule is Fc1cc(CCl)ccc1-c1cc(Cl)c(Cl)cc1Cl. The molecule has 0 radical (unpaired) electrons. The van der Waals surface area contributed by atoms with Gasteiger partial charge in [0.15, 0.2) is 0 Å². The van der Waals surface area contributed by atoms with Crippen molar-refractivity contribution in [2.45, 2.75) is 5.88 Å². The first-order chi connectivity index (χ1) is 8.52. The van der Waals surface area contributed by atoms with Crippen molar-refractivity contribution in [3.8, 4) is 11.1 Å². The average Bonchev–Trinajstić information content (AvgIpc) is 2.34. The van der Waals surface area contributed by atoms with E-state index >= 15 is 0 Å². The Hall–Kier alpha value is -0.470. The molecule has 0 N–H and O–H groups in total. The predicted molar refractivity (Wildman–Crippen MR) is 76.4 cm³/mol. The van der Waals surface area contributed by atoms with Crippen LogP contribution in [0, 0.1) is 5.82 Å². The van der Waals surface area contributed by atoms with E-state index in [-0.39, 0.29) is 5.88 Å². The van der Waals surface area contributed by atoms with Gasteiger partial charge in [-0.05, 0) is 23.8 Å².